The van der Waals surface area contributed by atoms with Crippen molar-refractivity contribution >= 4 is 33.2 Å². The van der Waals surface area contributed by atoms with Crippen molar-refractivity contribution in [2.75, 3.05) is 0 Å². The Balaban J connectivity index is 1.83. The first-order valence-corrected chi connectivity index (χ1v) is 8.54. The molecule has 0 unspecified atom stereocenters. The highest BCUT2D eigenvalue weighted by molar-refractivity contribution is 9.10. The number of thiophene rings is 1. The van der Waals surface area contributed by atoms with Gasteiger partial charge in [0.25, 0.3) is 5.91 Å². The third kappa shape index (κ3) is 3.67. The van der Waals surface area contributed by atoms with E-state index in [-0.39, 0.29) is 5.91 Å². The molecule has 0 saturated heterocycles. The molecule has 0 radical (unpaired) electrons. The lowest BCUT2D eigenvalue weighted by Gasteiger charge is -2.21. The summed E-state index contributed by atoms with van der Waals surface area (Å²) in [4.78, 5) is 14.6. The number of hydrogen-bond donors (Lipinski definition) is 0. The van der Waals surface area contributed by atoms with Crippen molar-refractivity contribution in [2.45, 2.75) is 13.1 Å². The van der Waals surface area contributed by atoms with Crippen LogP contribution < -0.4 is 0 Å². The standard InChI is InChI=1S/C17H14BrNO2S/c18-15-5-3-14(4-6-15)17(20)19(10-13-7-9-22-12-13)11-16-2-1-8-21-16/h1-9,12H,10-11H2. The monoisotopic (exact) mass is 375 g/mol. The minimum absolute atomic E-state index is 0.00454. The van der Waals surface area contributed by atoms with Crippen LogP contribution in [0.15, 0.2) is 68.4 Å². The summed E-state index contributed by atoms with van der Waals surface area (Å²) >= 11 is 5.02. The van der Waals surface area contributed by atoms with Crippen LogP contribution in [0.5, 0.6) is 0 Å². The summed E-state index contributed by atoms with van der Waals surface area (Å²) < 4.78 is 6.35. The van der Waals surface area contributed by atoms with Crippen LogP contribution >= 0.6 is 27.3 Å². The molecular weight excluding hydrogens is 362 g/mol. The van der Waals surface area contributed by atoms with Gasteiger partial charge in [0.15, 0.2) is 0 Å². The van der Waals surface area contributed by atoms with Gasteiger partial charge < -0.3 is 9.32 Å². The highest BCUT2D eigenvalue weighted by atomic mass is 79.9. The van der Waals surface area contributed by atoms with E-state index in [2.05, 4.69) is 21.3 Å². The molecule has 2 heterocycles. The van der Waals surface area contributed by atoms with Gasteiger partial charge in [-0.15, -0.1) is 0 Å². The molecule has 22 heavy (non-hydrogen) atoms. The van der Waals surface area contributed by atoms with E-state index in [1.54, 1.807) is 22.5 Å². The quantitative estimate of drug-likeness (QED) is 0.632. The van der Waals surface area contributed by atoms with Gasteiger partial charge in [0.2, 0.25) is 0 Å². The maximum absolute atomic E-state index is 12.8. The van der Waals surface area contributed by atoms with Crippen LogP contribution in [-0.4, -0.2) is 10.8 Å². The molecule has 5 heteroatoms. The maximum atomic E-state index is 12.8. The fraction of sp³-hybridized carbons (Fsp3) is 0.118. The van der Waals surface area contributed by atoms with Crippen molar-refractivity contribution < 1.29 is 9.21 Å². The Morgan fingerprint density at radius 3 is 2.59 bits per heavy atom. The van der Waals surface area contributed by atoms with Crippen LogP contribution in [0.2, 0.25) is 0 Å². The third-order valence-corrected chi connectivity index (χ3v) is 4.52. The molecule has 3 aromatic rings. The molecule has 3 rings (SSSR count). The van der Waals surface area contributed by atoms with E-state index in [1.807, 2.05) is 47.8 Å². The summed E-state index contributed by atoms with van der Waals surface area (Å²) in [5.74, 6) is 0.774. The number of benzene rings is 1. The van der Waals surface area contributed by atoms with E-state index in [0.29, 0.717) is 18.7 Å². The summed E-state index contributed by atoms with van der Waals surface area (Å²) in [6, 6.07) is 13.2. The van der Waals surface area contributed by atoms with Crippen LogP contribution in [0, 0.1) is 0 Å². The zero-order valence-electron chi connectivity index (χ0n) is 11.7. The average Bonchev–Trinajstić information content (AvgIpc) is 3.20. The van der Waals surface area contributed by atoms with Crippen molar-refractivity contribution in [3.63, 3.8) is 0 Å². The highest BCUT2D eigenvalue weighted by Crippen LogP contribution is 2.18. The first-order valence-electron chi connectivity index (χ1n) is 6.80. The Morgan fingerprint density at radius 2 is 1.95 bits per heavy atom. The summed E-state index contributed by atoms with van der Waals surface area (Å²) in [6.07, 6.45) is 1.63. The first-order chi connectivity index (χ1) is 10.7. The molecule has 1 amide bonds. The van der Waals surface area contributed by atoms with E-state index in [1.165, 1.54) is 0 Å². The lowest BCUT2D eigenvalue weighted by Crippen LogP contribution is -2.29. The summed E-state index contributed by atoms with van der Waals surface area (Å²) in [6.45, 7) is 1.02. The van der Waals surface area contributed by atoms with Crippen LogP contribution in [0.3, 0.4) is 0 Å². The number of amides is 1. The van der Waals surface area contributed by atoms with Crippen molar-refractivity contribution in [3.8, 4) is 0 Å². The van der Waals surface area contributed by atoms with Gasteiger partial charge in [-0.2, -0.15) is 11.3 Å². The molecule has 2 aromatic heterocycles. The van der Waals surface area contributed by atoms with Crippen LogP contribution in [0.25, 0.3) is 0 Å². The predicted octanol–water partition coefficient (Wildman–Crippen LogP) is 4.95. The second-order valence-electron chi connectivity index (χ2n) is 4.88. The molecule has 0 saturated carbocycles. The zero-order chi connectivity index (χ0) is 15.4. The van der Waals surface area contributed by atoms with Crippen LogP contribution in [-0.2, 0) is 13.1 Å². The van der Waals surface area contributed by atoms with Gasteiger partial charge >= 0.3 is 0 Å². The molecule has 0 N–H and O–H groups in total. The van der Waals surface area contributed by atoms with E-state index < -0.39 is 0 Å². The van der Waals surface area contributed by atoms with E-state index >= 15 is 0 Å². The summed E-state index contributed by atoms with van der Waals surface area (Å²) in [7, 11) is 0. The maximum Gasteiger partial charge on any atom is 0.254 e. The van der Waals surface area contributed by atoms with Gasteiger partial charge in [-0.05, 0) is 58.8 Å². The lowest BCUT2D eigenvalue weighted by molar-refractivity contribution is 0.0718. The minimum atomic E-state index is -0.00454. The second-order valence-corrected chi connectivity index (χ2v) is 6.57. The fourth-order valence-corrected chi connectivity index (χ4v) is 3.09. The van der Waals surface area contributed by atoms with Gasteiger partial charge in [0.05, 0.1) is 12.8 Å². The number of rotatable bonds is 5. The molecule has 0 atom stereocenters. The Bertz CT molecular complexity index is 684. The van der Waals surface area contributed by atoms with E-state index in [4.69, 9.17) is 4.42 Å². The number of carbonyl (C=O) groups excluding carboxylic acids is 1. The molecule has 0 bridgehead atoms. The molecule has 0 aliphatic carbocycles. The van der Waals surface area contributed by atoms with E-state index in [0.717, 1.165) is 15.8 Å². The Morgan fingerprint density at radius 1 is 1.14 bits per heavy atom. The zero-order valence-corrected chi connectivity index (χ0v) is 14.1. The number of halogens is 1. The van der Waals surface area contributed by atoms with Gasteiger partial charge in [0.1, 0.15) is 5.76 Å². The van der Waals surface area contributed by atoms with Gasteiger partial charge in [-0.25, -0.2) is 0 Å². The smallest absolute Gasteiger partial charge is 0.254 e. The van der Waals surface area contributed by atoms with Crippen molar-refractivity contribution in [1.82, 2.24) is 4.90 Å². The molecule has 0 aliphatic heterocycles. The molecule has 1 aromatic carbocycles. The number of furan rings is 1. The minimum Gasteiger partial charge on any atom is -0.467 e. The number of carbonyl (C=O) groups is 1. The van der Waals surface area contributed by atoms with Gasteiger partial charge in [0, 0.05) is 16.6 Å². The summed E-state index contributed by atoms with van der Waals surface area (Å²) in [5, 5.41) is 4.08. The highest BCUT2D eigenvalue weighted by Gasteiger charge is 2.18. The predicted molar refractivity (Wildman–Crippen MR) is 90.7 cm³/mol. The van der Waals surface area contributed by atoms with Crippen molar-refractivity contribution in [1.29, 1.82) is 0 Å². The third-order valence-electron chi connectivity index (χ3n) is 3.26. The average molecular weight is 376 g/mol. The normalized spacial score (nSPS) is 10.6. The molecule has 0 aliphatic rings. The largest absolute Gasteiger partial charge is 0.467 e. The van der Waals surface area contributed by atoms with Gasteiger partial charge in [-0.1, -0.05) is 15.9 Å². The molecule has 3 nitrogen and oxygen atoms in total. The second kappa shape index (κ2) is 6.94. The van der Waals surface area contributed by atoms with Crippen molar-refractivity contribution in [3.05, 3.63) is 80.8 Å². The lowest BCUT2D eigenvalue weighted by atomic mass is 10.2. The van der Waals surface area contributed by atoms with Crippen molar-refractivity contribution in [2.24, 2.45) is 0 Å². The molecule has 0 fully saturated rings. The first kappa shape index (κ1) is 15.1. The Kier molecular flexibility index (Phi) is 4.75. The summed E-state index contributed by atoms with van der Waals surface area (Å²) in [5.41, 5.74) is 1.80. The van der Waals surface area contributed by atoms with Crippen LogP contribution in [0.4, 0.5) is 0 Å². The number of nitrogens with zero attached hydrogens (tertiary/aromatic N) is 1. The topological polar surface area (TPSA) is 33.5 Å². The Hall–Kier alpha value is -1.85. The molecule has 112 valence electrons. The fourth-order valence-electron chi connectivity index (χ4n) is 2.17. The van der Waals surface area contributed by atoms with E-state index in [9.17, 15) is 4.79 Å². The molecule has 0 spiro atoms. The molecular formula is C17H14BrNO2S. The number of hydrogen-bond acceptors (Lipinski definition) is 3. The van der Waals surface area contributed by atoms with Gasteiger partial charge in [-0.3, -0.25) is 4.79 Å². The Labute approximate surface area is 141 Å². The van der Waals surface area contributed by atoms with Crippen LogP contribution in [0.1, 0.15) is 21.7 Å². The SMILES string of the molecule is O=C(c1ccc(Br)cc1)N(Cc1ccsc1)Cc1ccco1.